The first-order valence-corrected chi connectivity index (χ1v) is 22.9. The second-order valence-electron chi connectivity index (χ2n) is 17.7. The number of hydrogen-bond acceptors (Lipinski definition) is 2. The molecule has 310 valence electrons. The highest BCUT2D eigenvalue weighted by molar-refractivity contribution is 6.47. The molecule has 0 unspecified atom stereocenters. The minimum absolute atomic E-state index is 1.13. The minimum atomic E-state index is 1.13. The van der Waals surface area contributed by atoms with Gasteiger partial charge in [0.2, 0.25) is 0 Å². The average Bonchev–Trinajstić information content (AvgIpc) is 3.89. The molecule has 0 radical (unpaired) electrons. The second kappa shape index (κ2) is 15.1. The molecule has 0 heterocycles. The highest BCUT2D eigenvalue weighted by Gasteiger charge is 2.29. The molecule has 0 amide bonds. The quantitative estimate of drug-likeness (QED) is 0.150. The molecule has 13 rings (SSSR count). The van der Waals surface area contributed by atoms with Gasteiger partial charge in [0.1, 0.15) is 0 Å². The Morgan fingerprint density at radius 1 is 0.227 bits per heavy atom. The van der Waals surface area contributed by atoms with Gasteiger partial charge in [-0.25, -0.2) is 0 Å². The normalized spacial score (nSPS) is 11.8. The zero-order chi connectivity index (χ0) is 43.9. The van der Waals surface area contributed by atoms with E-state index in [1.54, 1.807) is 0 Å². The smallest absolute Gasteiger partial charge is 0.0540 e. The molecule has 0 fully saturated rings. The van der Waals surface area contributed by atoms with E-state index in [2.05, 4.69) is 254 Å². The third-order valence-corrected chi connectivity index (χ3v) is 13.8. The van der Waals surface area contributed by atoms with Crippen molar-refractivity contribution in [2.75, 3.05) is 9.80 Å². The summed E-state index contributed by atoms with van der Waals surface area (Å²) >= 11 is 0. The molecule has 0 atom stereocenters. The molecule has 2 heteroatoms. The van der Waals surface area contributed by atoms with Gasteiger partial charge in [0.15, 0.2) is 0 Å². The summed E-state index contributed by atoms with van der Waals surface area (Å²) in [6.45, 7) is 4.31. The van der Waals surface area contributed by atoms with Crippen LogP contribution in [0.3, 0.4) is 0 Å². The molecular weight excluding hydrogens is 797 g/mol. The SMILES string of the molecule is Cc1ccc(N(c2ccc(C)cc2)c2ccc3c4c(-c5ccccc5)c5c6cccc7c(N(c8ccccc8)c8ccccc8)ccc(c5c(-c5ccccc5)c4c4cccc2c43)c76)cc1. The fourth-order valence-corrected chi connectivity index (χ4v) is 11.0. The lowest BCUT2D eigenvalue weighted by Gasteiger charge is -2.27. The molecule has 13 aromatic rings. The van der Waals surface area contributed by atoms with Crippen molar-refractivity contribution in [1.29, 1.82) is 0 Å². The first-order valence-electron chi connectivity index (χ1n) is 22.9. The first-order chi connectivity index (χ1) is 32.6. The van der Waals surface area contributed by atoms with Crippen molar-refractivity contribution in [1.82, 2.24) is 0 Å². The molecule has 0 spiro atoms. The van der Waals surface area contributed by atoms with Crippen molar-refractivity contribution < 1.29 is 0 Å². The van der Waals surface area contributed by atoms with E-state index in [0.717, 1.165) is 34.1 Å². The van der Waals surface area contributed by atoms with E-state index in [1.165, 1.54) is 98.0 Å². The lowest BCUT2D eigenvalue weighted by molar-refractivity contribution is 1.28. The number of rotatable bonds is 8. The summed E-state index contributed by atoms with van der Waals surface area (Å²) in [5.41, 5.74) is 14.3. The van der Waals surface area contributed by atoms with E-state index in [1.807, 2.05) is 0 Å². The van der Waals surface area contributed by atoms with E-state index in [0.29, 0.717) is 0 Å². The summed E-state index contributed by atoms with van der Waals surface area (Å²) in [6, 6.07) is 85.2. The summed E-state index contributed by atoms with van der Waals surface area (Å²) in [6.07, 6.45) is 0. The topological polar surface area (TPSA) is 6.48 Å². The van der Waals surface area contributed by atoms with Gasteiger partial charge in [0.05, 0.1) is 11.4 Å². The van der Waals surface area contributed by atoms with Crippen molar-refractivity contribution in [3.05, 3.63) is 242 Å². The van der Waals surface area contributed by atoms with Crippen LogP contribution in [0, 0.1) is 13.8 Å². The summed E-state index contributed by atoms with van der Waals surface area (Å²) in [4.78, 5) is 4.84. The van der Waals surface area contributed by atoms with Crippen molar-refractivity contribution in [3.63, 3.8) is 0 Å². The number of aryl methyl sites for hydroxylation is 2. The average molecular weight is 841 g/mol. The maximum absolute atomic E-state index is 2.43. The lowest BCUT2D eigenvalue weighted by Crippen LogP contribution is -2.10. The van der Waals surface area contributed by atoms with Gasteiger partial charge >= 0.3 is 0 Å². The Morgan fingerprint density at radius 3 is 0.894 bits per heavy atom. The van der Waals surface area contributed by atoms with Crippen LogP contribution in [-0.4, -0.2) is 0 Å². The molecule has 0 saturated heterocycles. The highest BCUT2D eigenvalue weighted by Crippen LogP contribution is 2.57. The van der Waals surface area contributed by atoms with Gasteiger partial charge in [-0.05, 0) is 151 Å². The Kier molecular flexibility index (Phi) is 8.69. The second-order valence-corrected chi connectivity index (χ2v) is 17.7. The Balaban J connectivity index is 1.20. The molecule has 0 aliphatic heterocycles. The molecule has 0 saturated carbocycles. The zero-order valence-corrected chi connectivity index (χ0v) is 36.8. The van der Waals surface area contributed by atoms with Gasteiger partial charge in [0, 0.05) is 33.5 Å². The number of anilines is 6. The van der Waals surface area contributed by atoms with Crippen LogP contribution < -0.4 is 9.80 Å². The minimum Gasteiger partial charge on any atom is -0.310 e. The largest absolute Gasteiger partial charge is 0.310 e. The molecule has 0 bridgehead atoms. The van der Waals surface area contributed by atoms with Crippen LogP contribution in [0.25, 0.3) is 86.9 Å². The predicted molar refractivity (Wildman–Crippen MR) is 284 cm³/mol. The Hall–Kier alpha value is -8.46. The van der Waals surface area contributed by atoms with Gasteiger partial charge in [-0.2, -0.15) is 0 Å². The third-order valence-electron chi connectivity index (χ3n) is 13.8. The van der Waals surface area contributed by atoms with Crippen LogP contribution in [0.15, 0.2) is 231 Å². The summed E-state index contributed by atoms with van der Waals surface area (Å²) < 4.78 is 0. The van der Waals surface area contributed by atoms with E-state index >= 15 is 0 Å². The van der Waals surface area contributed by atoms with Gasteiger partial charge in [-0.1, -0.05) is 181 Å². The molecule has 13 aromatic carbocycles. The van der Waals surface area contributed by atoms with Crippen molar-refractivity contribution in [2.24, 2.45) is 0 Å². The van der Waals surface area contributed by atoms with Gasteiger partial charge < -0.3 is 9.80 Å². The molecule has 0 aliphatic rings. The summed E-state index contributed by atoms with van der Waals surface area (Å²) in [5.74, 6) is 0. The maximum atomic E-state index is 2.43. The number of hydrogen-bond donors (Lipinski definition) is 0. The fourth-order valence-electron chi connectivity index (χ4n) is 11.0. The number of para-hydroxylation sites is 2. The number of nitrogens with zero attached hydrogens (tertiary/aromatic N) is 2. The van der Waals surface area contributed by atoms with Gasteiger partial charge in [-0.3, -0.25) is 0 Å². The Labute approximate surface area is 384 Å². The monoisotopic (exact) mass is 840 g/mol. The van der Waals surface area contributed by atoms with Crippen LogP contribution in [0.5, 0.6) is 0 Å². The van der Waals surface area contributed by atoms with E-state index in [-0.39, 0.29) is 0 Å². The van der Waals surface area contributed by atoms with E-state index < -0.39 is 0 Å². The molecule has 0 N–H and O–H groups in total. The first kappa shape index (κ1) is 38.0. The Bertz CT molecular complexity index is 3720. The van der Waals surface area contributed by atoms with E-state index in [9.17, 15) is 0 Å². The number of fused-ring (bicyclic) bond motifs is 6. The zero-order valence-electron chi connectivity index (χ0n) is 36.8. The van der Waals surface area contributed by atoms with Crippen molar-refractivity contribution in [3.8, 4) is 22.3 Å². The van der Waals surface area contributed by atoms with Crippen LogP contribution in [0.2, 0.25) is 0 Å². The standard InChI is InChI=1S/C64H44N2/c1-41-29-33-47(34-30-41)66(48-35-31-42(2)32-36-48)56-40-38-54-60-50(56)26-16-28-52(60)62-58(44-19-9-4-10-20-44)63-53-37-39-55(65(45-21-11-5-12-22-45)46-23-13-6-14-24-46)49-25-15-27-51(59(49)53)61(63)57(64(54)62)43-17-7-3-8-18-43/h3-40H,1-2H3. The van der Waals surface area contributed by atoms with Crippen molar-refractivity contribution in [2.45, 2.75) is 13.8 Å². The van der Waals surface area contributed by atoms with Gasteiger partial charge in [-0.15, -0.1) is 0 Å². The Morgan fingerprint density at radius 2 is 0.530 bits per heavy atom. The molecular formula is C64H44N2. The van der Waals surface area contributed by atoms with Crippen LogP contribution in [-0.2, 0) is 0 Å². The fraction of sp³-hybridized carbons (Fsp3) is 0.0312. The summed E-state index contributed by atoms with van der Waals surface area (Å²) in [7, 11) is 0. The lowest BCUT2D eigenvalue weighted by atomic mass is 9.87. The predicted octanol–water partition coefficient (Wildman–Crippen LogP) is 18.4. The molecule has 2 nitrogen and oxygen atoms in total. The third kappa shape index (κ3) is 5.75. The summed E-state index contributed by atoms with van der Waals surface area (Å²) in [5, 5.41) is 15.3. The van der Waals surface area contributed by atoms with Crippen molar-refractivity contribution >= 4 is 98.8 Å². The molecule has 0 aromatic heterocycles. The van der Waals surface area contributed by atoms with Crippen LogP contribution >= 0.6 is 0 Å². The number of benzene rings is 11. The molecule has 66 heavy (non-hydrogen) atoms. The highest BCUT2D eigenvalue weighted by atomic mass is 15.1. The van der Waals surface area contributed by atoms with Gasteiger partial charge in [0.25, 0.3) is 0 Å². The van der Waals surface area contributed by atoms with Crippen LogP contribution in [0.1, 0.15) is 11.1 Å². The van der Waals surface area contributed by atoms with E-state index in [4.69, 9.17) is 0 Å². The molecule has 0 aliphatic carbocycles. The maximum Gasteiger partial charge on any atom is 0.0540 e. The van der Waals surface area contributed by atoms with Crippen LogP contribution in [0.4, 0.5) is 34.1 Å².